The molecule has 0 saturated carbocycles. The second-order valence-electron chi connectivity index (χ2n) is 7.33. The van der Waals surface area contributed by atoms with Crippen LogP contribution < -0.4 is 19.1 Å². The van der Waals surface area contributed by atoms with E-state index >= 15 is 0 Å². The van der Waals surface area contributed by atoms with Gasteiger partial charge in [0.1, 0.15) is 12.4 Å². The highest BCUT2D eigenvalue weighted by atomic mass is 16.7. The minimum Gasteiger partial charge on any atom is -0.485 e. The Morgan fingerprint density at radius 1 is 1.23 bits per heavy atom. The molecule has 4 rings (SSSR count). The highest BCUT2D eigenvalue weighted by Gasteiger charge is 2.21. The van der Waals surface area contributed by atoms with Crippen molar-refractivity contribution in [3.63, 3.8) is 0 Å². The van der Waals surface area contributed by atoms with Crippen molar-refractivity contribution in [1.29, 1.82) is 0 Å². The van der Waals surface area contributed by atoms with E-state index < -0.39 is 0 Å². The number of imidazole rings is 1. The molecule has 0 spiro atoms. The molecule has 0 N–H and O–H groups in total. The Bertz CT molecular complexity index is 1060. The first-order valence-electron chi connectivity index (χ1n) is 10.4. The van der Waals surface area contributed by atoms with Crippen molar-refractivity contribution in [3.05, 3.63) is 47.8 Å². The Morgan fingerprint density at radius 2 is 2.07 bits per heavy atom. The van der Waals surface area contributed by atoms with Gasteiger partial charge in [0.15, 0.2) is 22.9 Å². The number of benzene rings is 1. The molecule has 0 saturated heterocycles. The van der Waals surface area contributed by atoms with Crippen LogP contribution in [0.2, 0.25) is 0 Å². The minimum absolute atomic E-state index is 0.0973. The average molecular weight is 409 g/mol. The van der Waals surface area contributed by atoms with Crippen LogP contribution >= 0.6 is 0 Å². The number of carbonyl (C=O) groups is 1. The van der Waals surface area contributed by atoms with E-state index in [2.05, 4.69) is 6.92 Å². The molecule has 1 aromatic carbocycles. The number of fused-ring (bicyclic) bond motifs is 2. The summed E-state index contributed by atoms with van der Waals surface area (Å²) >= 11 is 0. The number of hydrogen-bond acceptors (Lipinski definition) is 5. The fourth-order valence-corrected chi connectivity index (χ4v) is 3.59. The lowest BCUT2D eigenvalue weighted by atomic mass is 10.2. The lowest BCUT2D eigenvalue weighted by Crippen LogP contribution is -2.28. The van der Waals surface area contributed by atoms with Gasteiger partial charge in [-0.3, -0.25) is 14.1 Å². The number of unbranched alkanes of at least 4 members (excludes halogenated alkanes) is 1. The number of rotatable bonds is 8. The molecular formula is C23H27N3O4. The number of pyridine rings is 1. The first-order valence-corrected chi connectivity index (χ1v) is 10.4. The van der Waals surface area contributed by atoms with E-state index in [1.165, 1.54) is 0 Å². The average Bonchev–Trinajstić information content (AvgIpc) is 3.39. The lowest BCUT2D eigenvalue weighted by molar-refractivity contribution is -0.118. The molecule has 0 aliphatic carbocycles. The number of ether oxygens (including phenoxy) is 3. The van der Waals surface area contributed by atoms with E-state index in [9.17, 15) is 4.79 Å². The molecule has 7 heteroatoms. The molecule has 2 aromatic heterocycles. The fourth-order valence-electron chi connectivity index (χ4n) is 3.59. The number of anilines is 1. The molecular weight excluding hydrogens is 382 g/mol. The van der Waals surface area contributed by atoms with E-state index in [1.807, 2.05) is 54.9 Å². The highest BCUT2D eigenvalue weighted by molar-refractivity contribution is 5.93. The third-order valence-corrected chi connectivity index (χ3v) is 5.26. The monoisotopic (exact) mass is 409 g/mol. The SMILES string of the molecule is CCCCC(=O)N(C)c1c(CC)nc2c(OCc3ccc4c(c3)OCO4)cccn12. The van der Waals surface area contributed by atoms with Crippen LogP contribution in [-0.2, 0) is 17.8 Å². The summed E-state index contributed by atoms with van der Waals surface area (Å²) in [4.78, 5) is 19.1. The van der Waals surface area contributed by atoms with Crippen LogP contribution in [0.4, 0.5) is 5.82 Å². The van der Waals surface area contributed by atoms with Crippen LogP contribution in [0.3, 0.4) is 0 Å². The van der Waals surface area contributed by atoms with Crippen molar-refractivity contribution in [2.24, 2.45) is 0 Å². The van der Waals surface area contributed by atoms with Gasteiger partial charge in [0.25, 0.3) is 0 Å². The normalized spacial score (nSPS) is 12.4. The number of nitrogens with zero attached hydrogens (tertiary/aromatic N) is 3. The van der Waals surface area contributed by atoms with Gasteiger partial charge in [-0.1, -0.05) is 26.3 Å². The van der Waals surface area contributed by atoms with E-state index in [4.69, 9.17) is 19.2 Å². The van der Waals surface area contributed by atoms with Gasteiger partial charge >= 0.3 is 0 Å². The zero-order valence-electron chi connectivity index (χ0n) is 17.7. The largest absolute Gasteiger partial charge is 0.485 e. The van der Waals surface area contributed by atoms with E-state index in [0.29, 0.717) is 24.4 Å². The molecule has 1 amide bonds. The minimum atomic E-state index is 0.0973. The molecule has 7 nitrogen and oxygen atoms in total. The molecule has 0 fully saturated rings. The predicted molar refractivity (Wildman–Crippen MR) is 114 cm³/mol. The van der Waals surface area contributed by atoms with Crippen LogP contribution in [0.25, 0.3) is 5.65 Å². The van der Waals surface area contributed by atoms with Crippen LogP contribution in [0.15, 0.2) is 36.5 Å². The lowest BCUT2D eigenvalue weighted by Gasteiger charge is -2.18. The van der Waals surface area contributed by atoms with Gasteiger partial charge in [-0.15, -0.1) is 0 Å². The molecule has 3 heterocycles. The van der Waals surface area contributed by atoms with Gasteiger partial charge in [0.05, 0.1) is 5.69 Å². The summed E-state index contributed by atoms with van der Waals surface area (Å²) in [6.45, 7) is 4.76. The van der Waals surface area contributed by atoms with Crippen LogP contribution in [0, 0.1) is 0 Å². The number of aromatic nitrogens is 2. The zero-order chi connectivity index (χ0) is 21.1. The zero-order valence-corrected chi connectivity index (χ0v) is 17.7. The summed E-state index contributed by atoms with van der Waals surface area (Å²) < 4.78 is 18.8. The summed E-state index contributed by atoms with van der Waals surface area (Å²) in [5, 5.41) is 0. The summed E-state index contributed by atoms with van der Waals surface area (Å²) in [6.07, 6.45) is 5.05. The van der Waals surface area contributed by atoms with E-state index in [0.717, 1.165) is 47.8 Å². The third-order valence-electron chi connectivity index (χ3n) is 5.26. The van der Waals surface area contributed by atoms with Gasteiger partial charge in [0.2, 0.25) is 12.7 Å². The summed E-state index contributed by atoms with van der Waals surface area (Å²) in [7, 11) is 1.82. The van der Waals surface area contributed by atoms with Crippen molar-refractivity contribution in [3.8, 4) is 17.2 Å². The maximum atomic E-state index is 12.6. The van der Waals surface area contributed by atoms with Gasteiger partial charge < -0.3 is 14.2 Å². The van der Waals surface area contributed by atoms with Gasteiger partial charge in [-0.05, 0) is 42.7 Å². The molecule has 3 aromatic rings. The molecule has 30 heavy (non-hydrogen) atoms. The van der Waals surface area contributed by atoms with E-state index in [1.54, 1.807) is 4.90 Å². The van der Waals surface area contributed by atoms with E-state index in [-0.39, 0.29) is 12.7 Å². The highest BCUT2D eigenvalue weighted by Crippen LogP contribution is 2.33. The number of amides is 1. The second kappa shape index (κ2) is 8.65. The van der Waals surface area contributed by atoms with Crippen molar-refractivity contribution < 1.29 is 19.0 Å². The maximum absolute atomic E-state index is 12.6. The van der Waals surface area contributed by atoms with Crippen LogP contribution in [0.5, 0.6) is 17.2 Å². The predicted octanol–water partition coefficient (Wildman–Crippen LogP) is 4.36. The first kappa shape index (κ1) is 20.1. The summed E-state index contributed by atoms with van der Waals surface area (Å²) in [5.41, 5.74) is 2.57. The summed E-state index contributed by atoms with van der Waals surface area (Å²) in [5.74, 6) is 3.06. The Hall–Kier alpha value is -3.22. The van der Waals surface area contributed by atoms with Crippen LogP contribution in [-0.4, -0.2) is 29.1 Å². The Labute approximate surface area is 176 Å². The molecule has 1 aliphatic rings. The third kappa shape index (κ3) is 3.79. The van der Waals surface area contributed by atoms with Crippen molar-refractivity contribution in [1.82, 2.24) is 9.38 Å². The van der Waals surface area contributed by atoms with Crippen molar-refractivity contribution in [2.75, 3.05) is 18.7 Å². The number of aryl methyl sites for hydroxylation is 1. The quantitative estimate of drug-likeness (QED) is 0.553. The van der Waals surface area contributed by atoms with Crippen molar-refractivity contribution in [2.45, 2.75) is 46.1 Å². The summed E-state index contributed by atoms with van der Waals surface area (Å²) in [6, 6.07) is 9.59. The smallest absolute Gasteiger partial charge is 0.231 e. The Morgan fingerprint density at radius 3 is 2.87 bits per heavy atom. The van der Waals surface area contributed by atoms with Gasteiger partial charge in [-0.25, -0.2) is 4.98 Å². The Kier molecular flexibility index (Phi) is 5.79. The number of carbonyl (C=O) groups excluding carboxylic acids is 1. The van der Waals surface area contributed by atoms with Gasteiger partial charge in [0, 0.05) is 19.7 Å². The molecule has 1 aliphatic heterocycles. The second-order valence-corrected chi connectivity index (χ2v) is 7.33. The van der Waals surface area contributed by atoms with Crippen LogP contribution in [0.1, 0.15) is 44.4 Å². The topological polar surface area (TPSA) is 65.3 Å². The molecule has 0 radical (unpaired) electrons. The van der Waals surface area contributed by atoms with Crippen molar-refractivity contribution >= 4 is 17.4 Å². The Balaban J connectivity index is 1.60. The van der Waals surface area contributed by atoms with Gasteiger partial charge in [-0.2, -0.15) is 0 Å². The standard InChI is InChI=1S/C23H27N3O4/c1-4-6-9-21(27)25(3)23-17(5-2)24-22-19(8-7-12-26(22)23)28-14-16-10-11-18-20(13-16)30-15-29-18/h7-8,10-13H,4-6,9,14-15H2,1-3H3. The maximum Gasteiger partial charge on any atom is 0.231 e. The first-order chi connectivity index (χ1) is 14.6. The fraction of sp³-hybridized carbons (Fsp3) is 0.391. The molecule has 158 valence electrons. The molecule has 0 atom stereocenters. The molecule has 0 unspecified atom stereocenters. The molecule has 0 bridgehead atoms. The number of hydrogen-bond donors (Lipinski definition) is 0.